The average Bonchev–Trinajstić information content (AvgIpc) is 2.37. The third-order valence-corrected chi connectivity index (χ3v) is 3.18. The lowest BCUT2D eigenvalue weighted by Crippen LogP contribution is -2.36. The second kappa shape index (κ2) is 6.24. The van der Waals surface area contributed by atoms with Gasteiger partial charge in [-0.2, -0.15) is 0 Å². The summed E-state index contributed by atoms with van der Waals surface area (Å²) in [5.74, 6) is 1.21. The van der Waals surface area contributed by atoms with Gasteiger partial charge >= 0.3 is 6.09 Å². The first-order valence-corrected chi connectivity index (χ1v) is 6.56. The number of nitrogens with one attached hydrogen (secondary N) is 2. The molecule has 100 valence electrons. The third-order valence-electron chi connectivity index (χ3n) is 3.18. The Morgan fingerprint density at radius 1 is 1.35 bits per heavy atom. The molecule has 1 rings (SSSR count). The van der Waals surface area contributed by atoms with Crippen LogP contribution in [0.2, 0.25) is 0 Å². The second-order valence-corrected chi connectivity index (χ2v) is 5.95. The Morgan fingerprint density at radius 2 is 2.00 bits per heavy atom. The van der Waals surface area contributed by atoms with E-state index in [2.05, 4.69) is 17.6 Å². The Kier molecular flexibility index (Phi) is 5.25. The minimum atomic E-state index is -0.416. The van der Waals surface area contributed by atoms with E-state index in [1.54, 1.807) is 0 Å². The van der Waals surface area contributed by atoms with Crippen molar-refractivity contribution in [2.45, 2.75) is 46.1 Å². The first-order chi connectivity index (χ1) is 7.88. The largest absolute Gasteiger partial charge is 0.444 e. The van der Waals surface area contributed by atoms with Gasteiger partial charge in [0.1, 0.15) is 5.60 Å². The Morgan fingerprint density at radius 3 is 2.65 bits per heavy atom. The molecule has 0 aromatic rings. The molecule has 1 heterocycles. The van der Waals surface area contributed by atoms with Gasteiger partial charge < -0.3 is 15.4 Å². The van der Waals surface area contributed by atoms with Crippen molar-refractivity contribution >= 4 is 6.09 Å². The molecule has 0 aromatic carbocycles. The molecule has 2 unspecified atom stereocenters. The molecule has 2 N–H and O–H groups in total. The first kappa shape index (κ1) is 14.3. The standard InChI is InChI=1S/C13H26N2O2/c1-10-5-7-14-8-6-11(10)9-15-12(16)17-13(2,3)4/h10-11,14H,5-9H2,1-4H3,(H,15,16). The van der Waals surface area contributed by atoms with Crippen LogP contribution in [0.25, 0.3) is 0 Å². The number of carbonyl (C=O) groups is 1. The Labute approximate surface area is 104 Å². The van der Waals surface area contributed by atoms with E-state index < -0.39 is 5.60 Å². The summed E-state index contributed by atoms with van der Waals surface area (Å²) in [6.45, 7) is 10.8. The molecule has 0 spiro atoms. The number of amides is 1. The molecule has 1 amide bonds. The van der Waals surface area contributed by atoms with Gasteiger partial charge in [0, 0.05) is 6.54 Å². The van der Waals surface area contributed by atoms with E-state index in [0.717, 1.165) is 26.1 Å². The van der Waals surface area contributed by atoms with Crippen LogP contribution in [-0.4, -0.2) is 31.3 Å². The number of hydrogen-bond donors (Lipinski definition) is 2. The molecule has 4 nitrogen and oxygen atoms in total. The van der Waals surface area contributed by atoms with Crippen molar-refractivity contribution in [3.63, 3.8) is 0 Å². The van der Waals surface area contributed by atoms with E-state index in [4.69, 9.17) is 4.74 Å². The van der Waals surface area contributed by atoms with Crippen LogP contribution in [0, 0.1) is 11.8 Å². The quantitative estimate of drug-likeness (QED) is 0.780. The normalized spacial score (nSPS) is 26.1. The van der Waals surface area contributed by atoms with E-state index in [1.165, 1.54) is 6.42 Å². The van der Waals surface area contributed by atoms with Gasteiger partial charge in [-0.05, 0) is 58.5 Å². The molecule has 0 aromatic heterocycles. The highest BCUT2D eigenvalue weighted by Gasteiger charge is 2.22. The fourth-order valence-corrected chi connectivity index (χ4v) is 2.09. The number of rotatable bonds is 2. The minimum absolute atomic E-state index is 0.304. The van der Waals surface area contributed by atoms with Gasteiger partial charge in [-0.15, -0.1) is 0 Å². The lowest BCUT2D eigenvalue weighted by molar-refractivity contribution is 0.0513. The zero-order chi connectivity index (χ0) is 12.9. The van der Waals surface area contributed by atoms with Gasteiger partial charge in [-0.25, -0.2) is 4.79 Å². The molecule has 1 fully saturated rings. The summed E-state index contributed by atoms with van der Waals surface area (Å²) >= 11 is 0. The molecule has 2 atom stereocenters. The lowest BCUT2D eigenvalue weighted by Gasteiger charge is -2.23. The maximum atomic E-state index is 11.5. The highest BCUT2D eigenvalue weighted by molar-refractivity contribution is 5.67. The number of alkyl carbamates (subject to hydrolysis) is 1. The van der Waals surface area contributed by atoms with Crippen LogP contribution >= 0.6 is 0 Å². The lowest BCUT2D eigenvalue weighted by atomic mass is 9.90. The van der Waals surface area contributed by atoms with E-state index in [9.17, 15) is 4.79 Å². The van der Waals surface area contributed by atoms with Crippen LogP contribution in [0.5, 0.6) is 0 Å². The maximum absolute atomic E-state index is 11.5. The van der Waals surface area contributed by atoms with Gasteiger partial charge in [0.25, 0.3) is 0 Å². The van der Waals surface area contributed by atoms with Crippen molar-refractivity contribution in [1.29, 1.82) is 0 Å². The zero-order valence-corrected chi connectivity index (χ0v) is 11.5. The van der Waals surface area contributed by atoms with Gasteiger partial charge in [0.05, 0.1) is 0 Å². The molecular formula is C13H26N2O2. The predicted molar refractivity (Wildman–Crippen MR) is 69.0 cm³/mol. The smallest absolute Gasteiger partial charge is 0.407 e. The summed E-state index contributed by atoms with van der Waals surface area (Å²) in [6.07, 6.45) is 2.00. The maximum Gasteiger partial charge on any atom is 0.407 e. The van der Waals surface area contributed by atoms with E-state index in [-0.39, 0.29) is 6.09 Å². The highest BCUT2D eigenvalue weighted by atomic mass is 16.6. The summed E-state index contributed by atoms with van der Waals surface area (Å²) < 4.78 is 5.23. The Balaban J connectivity index is 2.31. The van der Waals surface area contributed by atoms with Gasteiger partial charge in [0.2, 0.25) is 0 Å². The molecule has 1 saturated heterocycles. The molecule has 17 heavy (non-hydrogen) atoms. The van der Waals surface area contributed by atoms with Crippen molar-refractivity contribution < 1.29 is 9.53 Å². The molecule has 0 aliphatic carbocycles. The zero-order valence-electron chi connectivity index (χ0n) is 11.5. The molecule has 0 bridgehead atoms. The first-order valence-electron chi connectivity index (χ1n) is 6.56. The van der Waals surface area contributed by atoms with Crippen LogP contribution in [-0.2, 0) is 4.74 Å². The molecule has 1 aliphatic rings. The van der Waals surface area contributed by atoms with Gasteiger partial charge in [0.15, 0.2) is 0 Å². The number of hydrogen-bond acceptors (Lipinski definition) is 3. The van der Waals surface area contributed by atoms with Crippen LogP contribution in [0.15, 0.2) is 0 Å². The van der Waals surface area contributed by atoms with Crippen LogP contribution < -0.4 is 10.6 Å². The fourth-order valence-electron chi connectivity index (χ4n) is 2.09. The molecule has 4 heteroatoms. The fraction of sp³-hybridized carbons (Fsp3) is 0.923. The number of ether oxygens (including phenoxy) is 1. The van der Waals surface area contributed by atoms with Gasteiger partial charge in [-0.3, -0.25) is 0 Å². The van der Waals surface area contributed by atoms with E-state index in [1.807, 2.05) is 20.8 Å². The van der Waals surface area contributed by atoms with E-state index >= 15 is 0 Å². The summed E-state index contributed by atoms with van der Waals surface area (Å²) in [6, 6.07) is 0. The summed E-state index contributed by atoms with van der Waals surface area (Å²) in [7, 11) is 0. The van der Waals surface area contributed by atoms with Gasteiger partial charge in [-0.1, -0.05) is 6.92 Å². The molecular weight excluding hydrogens is 216 g/mol. The summed E-state index contributed by atoms with van der Waals surface area (Å²) in [5, 5.41) is 6.27. The van der Waals surface area contributed by atoms with Crippen molar-refractivity contribution in [2.75, 3.05) is 19.6 Å². The van der Waals surface area contributed by atoms with Crippen LogP contribution in [0.1, 0.15) is 40.5 Å². The Hall–Kier alpha value is -0.770. The topological polar surface area (TPSA) is 50.4 Å². The summed E-state index contributed by atoms with van der Waals surface area (Å²) in [4.78, 5) is 11.5. The molecule has 0 saturated carbocycles. The second-order valence-electron chi connectivity index (χ2n) is 5.95. The summed E-state index contributed by atoms with van der Waals surface area (Å²) in [5.41, 5.74) is -0.416. The van der Waals surface area contributed by atoms with Crippen molar-refractivity contribution in [2.24, 2.45) is 11.8 Å². The third kappa shape index (κ3) is 5.91. The Bertz CT molecular complexity index is 248. The predicted octanol–water partition coefficient (Wildman–Crippen LogP) is 2.15. The van der Waals surface area contributed by atoms with Crippen LogP contribution in [0.3, 0.4) is 0 Å². The molecule has 1 aliphatic heterocycles. The number of carbonyl (C=O) groups excluding carboxylic acids is 1. The van der Waals surface area contributed by atoms with Crippen molar-refractivity contribution in [3.8, 4) is 0 Å². The highest BCUT2D eigenvalue weighted by Crippen LogP contribution is 2.20. The SMILES string of the molecule is CC1CCNCCC1CNC(=O)OC(C)(C)C. The van der Waals surface area contributed by atoms with E-state index in [0.29, 0.717) is 11.8 Å². The average molecular weight is 242 g/mol. The van der Waals surface area contributed by atoms with Crippen LogP contribution in [0.4, 0.5) is 4.79 Å². The van der Waals surface area contributed by atoms with Crippen molar-refractivity contribution in [3.05, 3.63) is 0 Å². The minimum Gasteiger partial charge on any atom is -0.444 e. The van der Waals surface area contributed by atoms with Crippen molar-refractivity contribution in [1.82, 2.24) is 10.6 Å². The monoisotopic (exact) mass is 242 g/mol. The molecule has 0 radical (unpaired) electrons.